The molecule has 6 heteroatoms. The third-order valence-electron chi connectivity index (χ3n) is 1.75. The topological polar surface area (TPSA) is 60.4 Å². The van der Waals surface area contributed by atoms with E-state index >= 15 is 0 Å². The number of thiol groups is 1. The Bertz CT molecular complexity index is 445. The molecule has 1 aromatic carbocycles. The van der Waals surface area contributed by atoms with Gasteiger partial charge in [0.2, 0.25) is 0 Å². The van der Waals surface area contributed by atoms with Gasteiger partial charge in [-0.25, -0.2) is 13.2 Å². The number of ether oxygens (including phenoxy) is 1. The van der Waals surface area contributed by atoms with Gasteiger partial charge in [-0.05, 0) is 17.7 Å². The minimum absolute atomic E-state index is 0.0868. The average molecular weight is 249 g/mol. The average Bonchev–Trinajstić information content (AvgIpc) is 2.16. The Morgan fingerprint density at radius 2 is 2.13 bits per heavy atom. The van der Waals surface area contributed by atoms with E-state index in [0.29, 0.717) is 5.56 Å². The van der Waals surface area contributed by atoms with E-state index in [1.807, 2.05) is 0 Å². The predicted molar refractivity (Wildman–Crippen MR) is 56.8 cm³/mol. The van der Waals surface area contributed by atoms with Crippen LogP contribution >= 0.6 is 11.6 Å². The van der Waals surface area contributed by atoms with E-state index in [0.717, 1.165) is 0 Å². The van der Waals surface area contributed by atoms with Crippen molar-refractivity contribution in [2.24, 2.45) is 0 Å². The molecule has 0 spiro atoms. The molecular weight excluding hydrogens is 240 g/mol. The Balaban J connectivity index is 3.02. The number of carbonyl (C=O) groups is 1. The first kappa shape index (κ1) is 12.0. The van der Waals surface area contributed by atoms with Crippen LogP contribution in [-0.4, -0.2) is 21.5 Å². The molecule has 1 aromatic rings. The maximum Gasteiger partial charge on any atom is 0.339 e. The SMILES string of the molecule is COC(=O)c1ccc(C[SH](=O)=O)cc1Cl. The zero-order chi connectivity index (χ0) is 11.4. The highest BCUT2D eigenvalue weighted by atomic mass is 35.5. The highest BCUT2D eigenvalue weighted by molar-refractivity contribution is 7.71. The maximum absolute atomic E-state index is 11.1. The summed E-state index contributed by atoms with van der Waals surface area (Å²) in [5, 5.41) is 0.191. The summed E-state index contributed by atoms with van der Waals surface area (Å²) in [4.78, 5) is 11.1. The number of methoxy groups -OCH3 is 1. The number of halogens is 1. The number of hydrogen-bond donors (Lipinski definition) is 1. The van der Waals surface area contributed by atoms with E-state index in [1.54, 1.807) is 0 Å². The van der Waals surface area contributed by atoms with E-state index in [4.69, 9.17) is 11.6 Å². The molecule has 0 saturated heterocycles. The Kier molecular flexibility index (Phi) is 4.11. The van der Waals surface area contributed by atoms with Crippen LogP contribution in [0.2, 0.25) is 5.02 Å². The summed E-state index contributed by atoms with van der Waals surface area (Å²) < 4.78 is 25.4. The lowest BCUT2D eigenvalue weighted by Crippen LogP contribution is -2.02. The van der Waals surface area contributed by atoms with Gasteiger partial charge in [0, 0.05) is 0 Å². The molecule has 0 aliphatic rings. The van der Waals surface area contributed by atoms with Gasteiger partial charge in [-0.1, -0.05) is 17.7 Å². The lowest BCUT2D eigenvalue weighted by Gasteiger charge is -2.03. The van der Waals surface area contributed by atoms with Gasteiger partial charge in [-0.15, -0.1) is 0 Å². The summed E-state index contributed by atoms with van der Waals surface area (Å²) in [6, 6.07) is 4.42. The minimum atomic E-state index is -2.49. The van der Waals surface area contributed by atoms with Crippen LogP contribution in [-0.2, 0) is 21.2 Å². The summed E-state index contributed by atoms with van der Waals surface area (Å²) in [6.45, 7) is 0. The second-order valence-electron chi connectivity index (χ2n) is 2.80. The van der Waals surface area contributed by atoms with Crippen LogP contribution in [0.4, 0.5) is 0 Å². The van der Waals surface area contributed by atoms with Crippen LogP contribution in [0.25, 0.3) is 0 Å². The summed E-state index contributed by atoms with van der Waals surface area (Å²) >= 11 is 5.79. The maximum atomic E-state index is 11.1. The van der Waals surface area contributed by atoms with Crippen molar-refractivity contribution >= 4 is 28.3 Å². The fourth-order valence-corrected chi connectivity index (χ4v) is 1.86. The van der Waals surface area contributed by atoms with Gasteiger partial charge in [0.25, 0.3) is 0 Å². The molecule has 1 rings (SSSR count). The smallest absolute Gasteiger partial charge is 0.339 e. The van der Waals surface area contributed by atoms with Crippen LogP contribution in [0.15, 0.2) is 18.2 Å². The Morgan fingerprint density at radius 3 is 2.60 bits per heavy atom. The molecule has 4 nitrogen and oxygen atoms in total. The van der Waals surface area contributed by atoms with Crippen molar-refractivity contribution < 1.29 is 17.9 Å². The quantitative estimate of drug-likeness (QED) is 0.646. The third-order valence-corrected chi connectivity index (χ3v) is 2.69. The van der Waals surface area contributed by atoms with E-state index in [1.165, 1.54) is 25.3 Å². The Morgan fingerprint density at radius 1 is 1.47 bits per heavy atom. The van der Waals surface area contributed by atoms with Crippen LogP contribution in [0.1, 0.15) is 15.9 Å². The second-order valence-corrected chi connectivity index (χ2v) is 4.19. The largest absolute Gasteiger partial charge is 0.465 e. The Hall–Kier alpha value is -1.07. The molecule has 0 radical (unpaired) electrons. The zero-order valence-corrected chi connectivity index (χ0v) is 9.55. The molecule has 0 bridgehead atoms. The van der Waals surface area contributed by atoms with Gasteiger partial charge < -0.3 is 4.74 Å². The summed E-state index contributed by atoms with van der Waals surface area (Å²) in [5.41, 5.74) is 0.771. The van der Waals surface area contributed by atoms with Crippen LogP contribution in [0, 0.1) is 0 Å². The second kappa shape index (κ2) is 5.14. The lowest BCUT2D eigenvalue weighted by molar-refractivity contribution is 0.0601. The van der Waals surface area contributed by atoms with Crippen molar-refractivity contribution in [2.75, 3.05) is 7.11 Å². The van der Waals surface area contributed by atoms with Gasteiger partial charge >= 0.3 is 5.97 Å². The number of esters is 1. The molecule has 15 heavy (non-hydrogen) atoms. The molecule has 0 saturated carbocycles. The molecule has 0 N–H and O–H groups in total. The van der Waals surface area contributed by atoms with Crippen molar-refractivity contribution in [3.8, 4) is 0 Å². The van der Waals surface area contributed by atoms with Crippen molar-refractivity contribution in [1.29, 1.82) is 0 Å². The van der Waals surface area contributed by atoms with E-state index < -0.39 is 16.7 Å². The molecule has 0 aliphatic carbocycles. The van der Waals surface area contributed by atoms with Crippen molar-refractivity contribution in [3.05, 3.63) is 34.3 Å². The highest BCUT2D eigenvalue weighted by Crippen LogP contribution is 2.19. The summed E-state index contributed by atoms with van der Waals surface area (Å²) in [6.07, 6.45) is 0. The first-order chi connectivity index (χ1) is 7.04. The van der Waals surface area contributed by atoms with Crippen LogP contribution in [0.3, 0.4) is 0 Å². The van der Waals surface area contributed by atoms with Gasteiger partial charge in [-0.2, -0.15) is 0 Å². The third kappa shape index (κ3) is 3.21. The molecule has 0 aliphatic heterocycles. The van der Waals surface area contributed by atoms with Crippen LogP contribution < -0.4 is 0 Å². The molecule has 0 heterocycles. The van der Waals surface area contributed by atoms with Gasteiger partial charge in [0.05, 0.1) is 23.4 Å². The summed E-state index contributed by atoms with van der Waals surface area (Å²) in [7, 11) is -1.24. The normalized spacial score (nSPS) is 10.3. The van der Waals surface area contributed by atoms with Crippen molar-refractivity contribution in [2.45, 2.75) is 5.75 Å². The molecule has 82 valence electrons. The first-order valence-electron chi connectivity index (χ1n) is 4.03. The molecule has 0 fully saturated rings. The first-order valence-corrected chi connectivity index (χ1v) is 5.77. The van der Waals surface area contributed by atoms with Gasteiger partial charge in [0.1, 0.15) is 10.7 Å². The lowest BCUT2D eigenvalue weighted by atomic mass is 10.1. The standard InChI is InChI=1S/C9H9ClO4S/c1-14-9(11)7-3-2-6(4-8(7)10)5-15(12)13/h2-4,15H,5H2,1H3. The van der Waals surface area contributed by atoms with Gasteiger partial charge in [0.15, 0.2) is 0 Å². The fourth-order valence-electron chi connectivity index (χ4n) is 1.08. The summed E-state index contributed by atoms with van der Waals surface area (Å²) in [5.74, 6) is -0.630. The van der Waals surface area contributed by atoms with E-state index in [2.05, 4.69) is 4.74 Å². The molecular formula is C9H9ClO4S. The number of hydrogen-bond acceptors (Lipinski definition) is 4. The van der Waals surface area contributed by atoms with Crippen molar-refractivity contribution in [3.63, 3.8) is 0 Å². The molecule has 0 unspecified atom stereocenters. The van der Waals surface area contributed by atoms with E-state index in [-0.39, 0.29) is 16.3 Å². The number of carbonyl (C=O) groups excluding carboxylic acids is 1. The molecule has 0 amide bonds. The molecule has 0 aromatic heterocycles. The van der Waals surface area contributed by atoms with Crippen molar-refractivity contribution in [1.82, 2.24) is 0 Å². The monoisotopic (exact) mass is 248 g/mol. The zero-order valence-electron chi connectivity index (χ0n) is 7.90. The van der Waals surface area contributed by atoms with Crippen LogP contribution in [0.5, 0.6) is 0 Å². The molecule has 0 atom stereocenters. The van der Waals surface area contributed by atoms with E-state index in [9.17, 15) is 13.2 Å². The predicted octanol–water partition coefficient (Wildman–Crippen LogP) is 1.24. The number of rotatable bonds is 3. The highest BCUT2D eigenvalue weighted by Gasteiger charge is 2.10. The Labute approximate surface area is 93.8 Å². The minimum Gasteiger partial charge on any atom is -0.465 e. The number of benzene rings is 1. The van der Waals surface area contributed by atoms with Gasteiger partial charge in [-0.3, -0.25) is 0 Å². The fraction of sp³-hybridized carbons (Fsp3) is 0.222.